The number of rotatable bonds is 1. The van der Waals surface area contributed by atoms with Crippen molar-refractivity contribution >= 4 is 32.0 Å². The lowest BCUT2D eigenvalue weighted by Crippen LogP contribution is -2.20. The average Bonchev–Trinajstić information content (AvgIpc) is 2.33. The summed E-state index contributed by atoms with van der Waals surface area (Å²) in [5.41, 5.74) is 5.11. The Kier molecular flexibility index (Phi) is 2.66. The Morgan fingerprint density at radius 2 is 2.25 bits per heavy atom. The van der Waals surface area contributed by atoms with Crippen molar-refractivity contribution in [1.82, 2.24) is 0 Å². The molecule has 0 aromatic heterocycles. The van der Waals surface area contributed by atoms with Gasteiger partial charge < -0.3 is 0 Å². The fourth-order valence-corrected chi connectivity index (χ4v) is 3.83. The van der Waals surface area contributed by atoms with E-state index in [2.05, 4.69) is 42.5 Å². The zero-order chi connectivity index (χ0) is 11.0. The summed E-state index contributed by atoms with van der Waals surface area (Å²) in [6, 6.07) is 6.61. The zero-order valence-corrected chi connectivity index (χ0v) is 10.7. The van der Waals surface area contributed by atoms with Gasteiger partial charge in [0.05, 0.1) is 0 Å². The van der Waals surface area contributed by atoms with Gasteiger partial charge in [0.25, 0.3) is 0 Å². The zero-order valence-electron chi connectivity index (χ0n) is 8.91. The second-order valence-corrected chi connectivity index (χ2v) is 6.13. The Labute approximate surface area is 103 Å². The van der Waals surface area contributed by atoms with Crippen LogP contribution >= 0.6 is 11.6 Å². The summed E-state index contributed by atoms with van der Waals surface area (Å²) in [5.74, 6) is 0.488. The molecule has 1 aromatic carbocycles. The highest BCUT2D eigenvalue weighted by Gasteiger charge is 2.23. The summed E-state index contributed by atoms with van der Waals surface area (Å²) in [7, 11) is 0.738. The van der Waals surface area contributed by atoms with Gasteiger partial charge in [0.15, 0.2) is 0 Å². The van der Waals surface area contributed by atoms with E-state index in [9.17, 15) is 0 Å². The topological polar surface area (TPSA) is 0 Å². The Hall–Kier alpha value is -0.923. The van der Waals surface area contributed by atoms with Crippen LogP contribution in [-0.2, 0) is 6.42 Å². The van der Waals surface area contributed by atoms with Crippen LogP contribution in [0.15, 0.2) is 36.4 Å². The van der Waals surface area contributed by atoms with Crippen LogP contribution in [0, 0.1) is 0 Å². The first-order chi connectivity index (χ1) is 7.90. The molecular formula is C14H12ClSi. The molecule has 16 heavy (non-hydrogen) atoms. The molecule has 0 N–H and O–H groups in total. The molecule has 1 unspecified atom stereocenters. The largest absolute Gasteiger partial charge is 0.126 e. The van der Waals surface area contributed by atoms with E-state index in [1.165, 1.54) is 21.9 Å². The molecular weight excluding hydrogens is 232 g/mol. The standard InChI is InChI=1S/C14H12ClSi/c15-9-16-13-8-7-11-4-1-3-10-5-2-6-12(13)14(10)11/h1-4,6-8,12H,5,9H2. The van der Waals surface area contributed by atoms with Crippen LogP contribution in [0.5, 0.6) is 0 Å². The van der Waals surface area contributed by atoms with Crippen LogP contribution in [0.2, 0.25) is 0 Å². The average molecular weight is 244 g/mol. The molecule has 0 fully saturated rings. The molecule has 0 bridgehead atoms. The Bertz CT molecular complexity index is 511. The molecule has 0 aliphatic heterocycles. The summed E-state index contributed by atoms with van der Waals surface area (Å²) < 4.78 is 0. The van der Waals surface area contributed by atoms with Crippen LogP contribution < -0.4 is 0 Å². The smallest absolute Gasteiger partial charge is 0.0422 e. The van der Waals surface area contributed by atoms with Crippen molar-refractivity contribution in [3.8, 4) is 0 Å². The van der Waals surface area contributed by atoms with Gasteiger partial charge in [-0.15, -0.1) is 11.6 Å². The first kappa shape index (κ1) is 10.2. The number of halogens is 1. The summed E-state index contributed by atoms with van der Waals surface area (Å²) in [6.45, 7) is 0. The minimum absolute atomic E-state index is 0.488. The third kappa shape index (κ3) is 1.55. The van der Waals surface area contributed by atoms with Crippen molar-refractivity contribution in [1.29, 1.82) is 0 Å². The number of hydrogen-bond acceptors (Lipinski definition) is 0. The van der Waals surface area contributed by atoms with Crippen LogP contribution in [0.4, 0.5) is 0 Å². The predicted octanol–water partition coefficient (Wildman–Crippen LogP) is 2.98. The van der Waals surface area contributed by atoms with E-state index < -0.39 is 0 Å². The van der Waals surface area contributed by atoms with Crippen molar-refractivity contribution in [3.63, 3.8) is 0 Å². The Morgan fingerprint density at radius 1 is 1.31 bits per heavy atom. The lowest BCUT2D eigenvalue weighted by Gasteiger charge is -2.27. The lowest BCUT2D eigenvalue weighted by molar-refractivity contribution is 1.03. The van der Waals surface area contributed by atoms with Crippen LogP contribution in [-0.4, -0.2) is 19.8 Å². The van der Waals surface area contributed by atoms with E-state index in [-0.39, 0.29) is 0 Å². The highest BCUT2D eigenvalue weighted by atomic mass is 35.5. The molecule has 2 aliphatic rings. The summed E-state index contributed by atoms with van der Waals surface area (Å²) in [6.07, 6.45) is 10.2. The first-order valence-electron chi connectivity index (χ1n) is 5.53. The number of hydrogen-bond donors (Lipinski definition) is 0. The fraction of sp³-hybridized carbons (Fsp3) is 0.214. The van der Waals surface area contributed by atoms with Crippen molar-refractivity contribution < 1.29 is 0 Å². The summed E-state index contributed by atoms with van der Waals surface area (Å²) >= 11 is 5.88. The second-order valence-electron chi connectivity index (χ2n) is 4.13. The van der Waals surface area contributed by atoms with E-state index in [4.69, 9.17) is 11.6 Å². The van der Waals surface area contributed by atoms with Crippen molar-refractivity contribution in [3.05, 3.63) is 53.1 Å². The monoisotopic (exact) mass is 243 g/mol. The van der Waals surface area contributed by atoms with Gasteiger partial charge in [-0.2, -0.15) is 0 Å². The van der Waals surface area contributed by atoms with E-state index in [1.54, 1.807) is 0 Å². The van der Waals surface area contributed by atoms with Gasteiger partial charge in [-0.25, -0.2) is 0 Å². The Morgan fingerprint density at radius 3 is 3.12 bits per heavy atom. The van der Waals surface area contributed by atoms with Crippen molar-refractivity contribution in [2.75, 3.05) is 5.50 Å². The molecule has 1 atom stereocenters. The van der Waals surface area contributed by atoms with Gasteiger partial charge >= 0.3 is 0 Å². The molecule has 2 aliphatic carbocycles. The minimum Gasteiger partial charge on any atom is -0.126 e. The quantitative estimate of drug-likeness (QED) is 0.404. The van der Waals surface area contributed by atoms with Gasteiger partial charge in [-0.05, 0) is 23.1 Å². The number of allylic oxidation sites excluding steroid dienone is 3. The molecule has 3 rings (SSSR count). The van der Waals surface area contributed by atoms with E-state index in [0.29, 0.717) is 5.92 Å². The molecule has 1 aromatic rings. The van der Waals surface area contributed by atoms with Crippen molar-refractivity contribution in [2.45, 2.75) is 12.3 Å². The van der Waals surface area contributed by atoms with Gasteiger partial charge in [0.2, 0.25) is 0 Å². The van der Waals surface area contributed by atoms with Crippen LogP contribution in [0.3, 0.4) is 0 Å². The van der Waals surface area contributed by atoms with E-state index >= 15 is 0 Å². The molecule has 0 saturated carbocycles. The lowest BCUT2D eigenvalue weighted by atomic mass is 9.80. The fourth-order valence-electron chi connectivity index (χ4n) is 2.55. The highest BCUT2D eigenvalue weighted by Crippen LogP contribution is 2.34. The van der Waals surface area contributed by atoms with Crippen LogP contribution in [0.1, 0.15) is 22.6 Å². The molecule has 0 saturated heterocycles. The van der Waals surface area contributed by atoms with Gasteiger partial charge in [-0.3, -0.25) is 0 Å². The number of benzene rings is 1. The van der Waals surface area contributed by atoms with E-state index in [0.717, 1.165) is 21.1 Å². The van der Waals surface area contributed by atoms with Gasteiger partial charge in [0, 0.05) is 20.6 Å². The van der Waals surface area contributed by atoms with Crippen LogP contribution in [0.25, 0.3) is 6.08 Å². The molecule has 0 amide bonds. The first-order valence-corrected chi connectivity index (χ1v) is 7.27. The minimum atomic E-state index is 0.488. The van der Waals surface area contributed by atoms with Gasteiger partial charge in [0.1, 0.15) is 0 Å². The predicted molar refractivity (Wildman–Crippen MR) is 72.5 cm³/mol. The molecule has 79 valence electrons. The summed E-state index contributed by atoms with van der Waals surface area (Å²) in [4.78, 5) is 0. The third-order valence-electron chi connectivity index (χ3n) is 3.26. The maximum atomic E-state index is 5.88. The SMILES string of the molecule is ClC[Si]=C1C=Cc2cccc3c2C1C=CC3. The van der Waals surface area contributed by atoms with Gasteiger partial charge in [-0.1, -0.05) is 47.7 Å². The molecule has 1 radical (unpaired) electrons. The third-order valence-corrected chi connectivity index (χ3v) is 4.68. The highest BCUT2D eigenvalue weighted by molar-refractivity contribution is 6.65. The number of alkyl halides is 1. The maximum absolute atomic E-state index is 5.88. The Balaban J connectivity index is 2.20. The molecule has 0 spiro atoms. The van der Waals surface area contributed by atoms with Crippen molar-refractivity contribution in [2.24, 2.45) is 0 Å². The second kappa shape index (κ2) is 4.15. The summed E-state index contributed by atoms with van der Waals surface area (Å²) in [5, 5.41) is 1.48. The molecule has 0 heterocycles. The molecule has 0 nitrogen and oxygen atoms in total. The maximum Gasteiger partial charge on any atom is 0.0422 e. The normalized spacial score (nSPS) is 23.6. The molecule has 2 heteroatoms. The van der Waals surface area contributed by atoms with E-state index in [1.807, 2.05) is 0 Å².